The third-order valence-corrected chi connectivity index (χ3v) is 5.26. The summed E-state index contributed by atoms with van der Waals surface area (Å²) in [5.74, 6) is 0.622. The van der Waals surface area contributed by atoms with Crippen molar-refractivity contribution in [3.8, 4) is 0 Å². The minimum atomic E-state index is -0.612. The standard InChI is InChI=1S/C20H24IN5O2/c1-12-9-15(7-8-22-12)11-25(19(27)28-20(4,5)6)16-10-13(2)23-18-17(21)14(3)24-26(16)18/h7-10H,11H2,1-6H3. The van der Waals surface area contributed by atoms with Crippen LogP contribution in [0.25, 0.3) is 5.65 Å². The maximum atomic E-state index is 13.1. The number of halogens is 1. The van der Waals surface area contributed by atoms with Gasteiger partial charge < -0.3 is 4.74 Å². The fraction of sp³-hybridized carbons (Fsp3) is 0.400. The summed E-state index contributed by atoms with van der Waals surface area (Å²) in [6.45, 7) is 11.7. The van der Waals surface area contributed by atoms with E-state index in [1.807, 2.05) is 59.7 Å². The maximum Gasteiger partial charge on any atom is 0.416 e. The number of nitrogens with zero attached hydrogens (tertiary/aromatic N) is 5. The van der Waals surface area contributed by atoms with E-state index in [1.54, 1.807) is 15.6 Å². The Balaban J connectivity index is 2.14. The van der Waals surface area contributed by atoms with Crippen LogP contribution in [-0.2, 0) is 11.3 Å². The monoisotopic (exact) mass is 493 g/mol. The predicted molar refractivity (Wildman–Crippen MR) is 117 cm³/mol. The maximum absolute atomic E-state index is 13.1. The number of aryl methyl sites for hydroxylation is 3. The molecule has 0 radical (unpaired) electrons. The van der Waals surface area contributed by atoms with Gasteiger partial charge in [0.25, 0.3) is 0 Å². The Morgan fingerprint density at radius 2 is 1.93 bits per heavy atom. The van der Waals surface area contributed by atoms with Crippen molar-refractivity contribution < 1.29 is 9.53 Å². The van der Waals surface area contributed by atoms with Crippen LogP contribution in [0.3, 0.4) is 0 Å². The van der Waals surface area contributed by atoms with Gasteiger partial charge in [-0.2, -0.15) is 9.61 Å². The van der Waals surface area contributed by atoms with E-state index in [4.69, 9.17) is 4.74 Å². The Labute approximate surface area is 178 Å². The molecule has 0 aliphatic heterocycles. The summed E-state index contributed by atoms with van der Waals surface area (Å²) < 4.78 is 8.37. The average Bonchev–Trinajstić information content (AvgIpc) is 2.86. The average molecular weight is 493 g/mol. The predicted octanol–water partition coefficient (Wildman–Crippen LogP) is 4.60. The van der Waals surface area contributed by atoms with Crippen LogP contribution in [0, 0.1) is 24.3 Å². The minimum Gasteiger partial charge on any atom is -0.443 e. The van der Waals surface area contributed by atoms with Crippen molar-refractivity contribution in [1.82, 2.24) is 19.6 Å². The highest BCUT2D eigenvalue weighted by Gasteiger charge is 2.27. The van der Waals surface area contributed by atoms with Gasteiger partial charge in [0.1, 0.15) is 11.4 Å². The van der Waals surface area contributed by atoms with Crippen LogP contribution < -0.4 is 4.90 Å². The first kappa shape index (κ1) is 20.5. The van der Waals surface area contributed by atoms with Gasteiger partial charge in [-0.3, -0.25) is 9.88 Å². The van der Waals surface area contributed by atoms with Crippen LogP contribution in [0.2, 0.25) is 0 Å². The highest BCUT2D eigenvalue weighted by Crippen LogP contribution is 2.26. The summed E-state index contributed by atoms with van der Waals surface area (Å²) in [5.41, 5.74) is 3.64. The largest absolute Gasteiger partial charge is 0.443 e. The Kier molecular flexibility index (Phi) is 5.60. The van der Waals surface area contributed by atoms with Crippen molar-refractivity contribution in [3.05, 3.63) is 50.6 Å². The van der Waals surface area contributed by atoms with Gasteiger partial charge in [0.05, 0.1) is 15.8 Å². The van der Waals surface area contributed by atoms with Gasteiger partial charge in [0, 0.05) is 23.7 Å². The lowest BCUT2D eigenvalue weighted by atomic mass is 10.2. The van der Waals surface area contributed by atoms with Gasteiger partial charge in [0.15, 0.2) is 5.65 Å². The van der Waals surface area contributed by atoms with Crippen LogP contribution >= 0.6 is 22.6 Å². The highest BCUT2D eigenvalue weighted by molar-refractivity contribution is 14.1. The Hall–Kier alpha value is -2.23. The van der Waals surface area contributed by atoms with Crippen molar-refractivity contribution >= 4 is 40.1 Å². The van der Waals surface area contributed by atoms with E-state index < -0.39 is 11.7 Å². The van der Waals surface area contributed by atoms with Crippen LogP contribution in [0.5, 0.6) is 0 Å². The summed E-state index contributed by atoms with van der Waals surface area (Å²) in [4.78, 5) is 23.6. The van der Waals surface area contributed by atoms with E-state index in [0.717, 1.165) is 31.9 Å². The van der Waals surface area contributed by atoms with Crippen LogP contribution in [-0.4, -0.2) is 31.3 Å². The van der Waals surface area contributed by atoms with E-state index in [1.165, 1.54) is 0 Å². The molecule has 148 valence electrons. The summed E-state index contributed by atoms with van der Waals surface area (Å²) in [6.07, 6.45) is 1.31. The summed E-state index contributed by atoms with van der Waals surface area (Å²) in [6, 6.07) is 5.71. The minimum absolute atomic E-state index is 0.340. The van der Waals surface area contributed by atoms with Crippen molar-refractivity contribution in [2.45, 2.75) is 53.7 Å². The molecule has 0 atom stereocenters. The Morgan fingerprint density at radius 3 is 2.57 bits per heavy atom. The number of rotatable bonds is 3. The molecule has 0 saturated heterocycles. The molecule has 1 amide bonds. The van der Waals surface area contributed by atoms with Gasteiger partial charge in [-0.05, 0) is 81.8 Å². The molecule has 3 aromatic heterocycles. The molecule has 0 aromatic carbocycles. The second-order valence-corrected chi connectivity index (χ2v) is 8.84. The van der Waals surface area contributed by atoms with Gasteiger partial charge in [0.2, 0.25) is 0 Å². The number of aromatic nitrogens is 4. The molecule has 0 bridgehead atoms. The van der Waals surface area contributed by atoms with Crippen molar-refractivity contribution in [2.24, 2.45) is 0 Å². The summed E-state index contributed by atoms with van der Waals surface area (Å²) >= 11 is 2.23. The molecule has 7 nitrogen and oxygen atoms in total. The first-order chi connectivity index (χ1) is 13.0. The third-order valence-electron chi connectivity index (χ3n) is 3.99. The van der Waals surface area contributed by atoms with E-state index >= 15 is 0 Å². The number of ether oxygens (including phenoxy) is 1. The normalized spacial score (nSPS) is 11.7. The number of pyridine rings is 1. The quantitative estimate of drug-likeness (QED) is 0.499. The summed E-state index contributed by atoms with van der Waals surface area (Å²) in [7, 11) is 0. The van der Waals surface area contributed by atoms with Gasteiger partial charge in [-0.15, -0.1) is 0 Å². The Bertz CT molecular complexity index is 1040. The first-order valence-electron chi connectivity index (χ1n) is 8.99. The number of anilines is 1. The van der Waals surface area contributed by atoms with E-state index in [0.29, 0.717) is 12.4 Å². The van der Waals surface area contributed by atoms with E-state index in [-0.39, 0.29) is 0 Å². The molecule has 28 heavy (non-hydrogen) atoms. The van der Waals surface area contributed by atoms with Crippen LogP contribution in [0.1, 0.15) is 43.4 Å². The number of hydrogen-bond acceptors (Lipinski definition) is 5. The number of carbonyl (C=O) groups is 1. The molecule has 8 heteroatoms. The fourth-order valence-corrected chi connectivity index (χ4v) is 3.29. The molecule has 0 unspecified atom stereocenters. The first-order valence-corrected chi connectivity index (χ1v) is 10.1. The number of fused-ring (bicyclic) bond motifs is 1. The molecule has 0 fully saturated rings. The molecule has 0 saturated carbocycles. The zero-order chi connectivity index (χ0) is 20.6. The lowest BCUT2D eigenvalue weighted by Gasteiger charge is -2.28. The second-order valence-electron chi connectivity index (χ2n) is 7.76. The SMILES string of the molecule is Cc1cc(CN(C(=O)OC(C)(C)C)c2cc(C)nc3c(I)c(C)nn23)ccn1. The van der Waals surface area contributed by atoms with Crippen molar-refractivity contribution in [1.29, 1.82) is 0 Å². The zero-order valence-corrected chi connectivity index (χ0v) is 19.1. The lowest BCUT2D eigenvalue weighted by Crippen LogP contribution is -2.37. The Morgan fingerprint density at radius 1 is 1.21 bits per heavy atom. The zero-order valence-electron chi connectivity index (χ0n) is 16.9. The second kappa shape index (κ2) is 7.65. The van der Waals surface area contributed by atoms with Gasteiger partial charge in [-0.25, -0.2) is 9.78 Å². The fourth-order valence-electron chi connectivity index (χ4n) is 2.83. The van der Waals surface area contributed by atoms with Crippen LogP contribution in [0.15, 0.2) is 24.4 Å². The number of carbonyl (C=O) groups excluding carboxylic acids is 1. The van der Waals surface area contributed by atoms with Crippen molar-refractivity contribution in [3.63, 3.8) is 0 Å². The molecule has 0 aliphatic carbocycles. The molecule has 3 aromatic rings. The number of hydrogen-bond donors (Lipinski definition) is 0. The van der Waals surface area contributed by atoms with Crippen molar-refractivity contribution in [2.75, 3.05) is 4.90 Å². The molecule has 3 heterocycles. The molecule has 0 spiro atoms. The van der Waals surface area contributed by atoms with E-state index in [2.05, 4.69) is 37.7 Å². The van der Waals surface area contributed by atoms with E-state index in [9.17, 15) is 4.79 Å². The smallest absolute Gasteiger partial charge is 0.416 e. The van der Waals surface area contributed by atoms with Gasteiger partial charge >= 0.3 is 6.09 Å². The highest BCUT2D eigenvalue weighted by atomic mass is 127. The molecule has 0 aliphatic rings. The molecule has 3 rings (SSSR count). The lowest BCUT2D eigenvalue weighted by molar-refractivity contribution is 0.0575. The van der Waals surface area contributed by atoms with Crippen LogP contribution in [0.4, 0.5) is 10.6 Å². The number of amides is 1. The molecule has 0 N–H and O–H groups in total. The third kappa shape index (κ3) is 4.43. The van der Waals surface area contributed by atoms with Gasteiger partial charge in [-0.1, -0.05) is 0 Å². The molecular formula is C20H24IN5O2. The molecular weight excluding hydrogens is 469 g/mol. The summed E-state index contributed by atoms with van der Waals surface area (Å²) in [5, 5.41) is 4.60. The topological polar surface area (TPSA) is 72.6 Å².